The zero-order valence-corrected chi connectivity index (χ0v) is 19.5. The van der Waals surface area contributed by atoms with Crippen LogP contribution in [-0.2, 0) is 0 Å². The molecule has 162 valence electrons. The van der Waals surface area contributed by atoms with Crippen LogP contribution in [0, 0.1) is 6.92 Å². The largest absolute Gasteiger partial charge is 0.381 e. The van der Waals surface area contributed by atoms with Gasteiger partial charge in [0.2, 0.25) is 0 Å². The van der Waals surface area contributed by atoms with Gasteiger partial charge in [-0.2, -0.15) is 0 Å². The molecule has 0 radical (unpaired) electrons. The van der Waals surface area contributed by atoms with Gasteiger partial charge in [0.1, 0.15) is 6.17 Å². The van der Waals surface area contributed by atoms with Crippen LogP contribution in [-0.4, -0.2) is 18.2 Å². The third-order valence-corrected chi connectivity index (χ3v) is 5.96. The van der Waals surface area contributed by atoms with Crippen LogP contribution in [0.4, 0.5) is 34.1 Å². The number of benzene rings is 3. The lowest BCUT2D eigenvalue weighted by Crippen LogP contribution is -2.42. The summed E-state index contributed by atoms with van der Waals surface area (Å²) in [4.78, 5) is 4.96. The molecule has 3 aromatic rings. The van der Waals surface area contributed by atoms with E-state index in [1.54, 1.807) is 0 Å². The Morgan fingerprint density at radius 3 is 1.97 bits per heavy atom. The van der Waals surface area contributed by atoms with E-state index in [9.17, 15) is 0 Å². The summed E-state index contributed by atoms with van der Waals surface area (Å²) in [5.41, 5.74) is 8.39. The van der Waals surface area contributed by atoms with Gasteiger partial charge in [-0.15, -0.1) is 0 Å². The molecular weight excluding hydrogens is 380 g/mol. The maximum absolute atomic E-state index is 3.68. The van der Waals surface area contributed by atoms with Gasteiger partial charge in [-0.25, -0.2) is 0 Å². The van der Waals surface area contributed by atoms with Crippen molar-refractivity contribution in [1.82, 2.24) is 0 Å². The van der Waals surface area contributed by atoms with E-state index in [1.807, 2.05) is 0 Å². The van der Waals surface area contributed by atoms with Gasteiger partial charge in [-0.1, -0.05) is 30.3 Å². The molecule has 1 aliphatic heterocycles. The van der Waals surface area contributed by atoms with Crippen molar-refractivity contribution < 1.29 is 0 Å². The van der Waals surface area contributed by atoms with E-state index in [4.69, 9.17) is 0 Å². The van der Waals surface area contributed by atoms with Crippen molar-refractivity contribution in [3.63, 3.8) is 0 Å². The standard InChI is InChI=1S/C27H34N4/c1-18(2)28-23-12-7-8-13-24(23)29-22-14-11-17-25(20(22)5)31-21(6)30(19(3)4)26-15-9-10-16-27(26)31/h7-19,21,28-29H,1-6H3/t21-/m0/s1. The van der Waals surface area contributed by atoms with Crippen molar-refractivity contribution in [3.8, 4) is 0 Å². The number of para-hydroxylation sites is 4. The number of nitrogens with zero attached hydrogens (tertiary/aromatic N) is 2. The smallest absolute Gasteiger partial charge is 0.104 e. The summed E-state index contributed by atoms with van der Waals surface area (Å²) in [5.74, 6) is 0. The Hall–Kier alpha value is -3.14. The first-order valence-corrected chi connectivity index (χ1v) is 11.3. The quantitative estimate of drug-likeness (QED) is 0.444. The molecular formula is C27H34N4. The lowest BCUT2D eigenvalue weighted by molar-refractivity contribution is 0.606. The second kappa shape index (κ2) is 8.54. The number of rotatable bonds is 6. The maximum Gasteiger partial charge on any atom is 0.104 e. The molecule has 0 saturated carbocycles. The van der Waals surface area contributed by atoms with Crippen molar-refractivity contribution in [1.29, 1.82) is 0 Å². The first-order valence-electron chi connectivity index (χ1n) is 11.3. The minimum Gasteiger partial charge on any atom is -0.381 e. The molecule has 0 bridgehead atoms. The summed E-state index contributed by atoms with van der Waals surface area (Å²) in [7, 11) is 0. The molecule has 1 aliphatic rings. The molecule has 0 amide bonds. The molecule has 0 aromatic heterocycles. The fourth-order valence-electron chi connectivity index (χ4n) is 4.65. The Morgan fingerprint density at radius 2 is 1.29 bits per heavy atom. The van der Waals surface area contributed by atoms with Gasteiger partial charge in [0.05, 0.1) is 22.7 Å². The second-order valence-corrected chi connectivity index (χ2v) is 8.91. The van der Waals surface area contributed by atoms with Crippen LogP contribution in [0.5, 0.6) is 0 Å². The number of fused-ring (bicyclic) bond motifs is 1. The van der Waals surface area contributed by atoms with Crippen LogP contribution in [0.2, 0.25) is 0 Å². The summed E-state index contributed by atoms with van der Waals surface area (Å²) in [6, 6.07) is 24.5. The van der Waals surface area contributed by atoms with Crippen LogP contribution >= 0.6 is 0 Å². The lowest BCUT2D eigenvalue weighted by Gasteiger charge is -2.34. The maximum atomic E-state index is 3.68. The third-order valence-electron chi connectivity index (χ3n) is 5.96. The Balaban J connectivity index is 1.73. The minimum atomic E-state index is 0.251. The molecule has 1 atom stereocenters. The summed E-state index contributed by atoms with van der Waals surface area (Å²) in [6.45, 7) is 13.4. The van der Waals surface area contributed by atoms with Crippen molar-refractivity contribution >= 4 is 34.1 Å². The molecule has 4 heteroatoms. The summed E-state index contributed by atoms with van der Waals surface area (Å²) in [6.07, 6.45) is 0.251. The van der Waals surface area contributed by atoms with Crippen LogP contribution in [0.1, 0.15) is 40.2 Å². The van der Waals surface area contributed by atoms with Gasteiger partial charge >= 0.3 is 0 Å². The molecule has 0 fully saturated rings. The van der Waals surface area contributed by atoms with Gasteiger partial charge in [-0.3, -0.25) is 0 Å². The number of hydrogen-bond donors (Lipinski definition) is 2. The van der Waals surface area contributed by atoms with E-state index in [0.717, 1.165) is 17.1 Å². The molecule has 3 aromatic carbocycles. The highest BCUT2D eigenvalue weighted by Crippen LogP contribution is 2.46. The molecule has 0 spiro atoms. The van der Waals surface area contributed by atoms with Gasteiger partial charge in [0.15, 0.2) is 0 Å². The Bertz CT molecular complexity index is 1060. The van der Waals surface area contributed by atoms with Crippen LogP contribution in [0.25, 0.3) is 0 Å². The molecule has 0 aliphatic carbocycles. The molecule has 1 heterocycles. The third kappa shape index (κ3) is 3.95. The van der Waals surface area contributed by atoms with Gasteiger partial charge < -0.3 is 20.4 Å². The first kappa shape index (κ1) is 21.1. The number of hydrogen-bond acceptors (Lipinski definition) is 4. The molecule has 31 heavy (non-hydrogen) atoms. The van der Waals surface area contributed by atoms with E-state index in [0.29, 0.717) is 12.1 Å². The van der Waals surface area contributed by atoms with E-state index in [2.05, 4.69) is 129 Å². The average molecular weight is 415 g/mol. The molecule has 2 N–H and O–H groups in total. The minimum absolute atomic E-state index is 0.251. The zero-order chi connectivity index (χ0) is 22.1. The second-order valence-electron chi connectivity index (χ2n) is 8.91. The normalized spacial score (nSPS) is 15.5. The Morgan fingerprint density at radius 1 is 0.710 bits per heavy atom. The number of nitrogens with one attached hydrogen (secondary N) is 2. The Kier molecular flexibility index (Phi) is 5.81. The van der Waals surface area contributed by atoms with Crippen LogP contribution in [0.15, 0.2) is 66.7 Å². The van der Waals surface area contributed by atoms with Crippen LogP contribution in [0.3, 0.4) is 0 Å². The highest BCUT2D eigenvalue weighted by atomic mass is 15.4. The van der Waals surface area contributed by atoms with Crippen molar-refractivity contribution in [2.75, 3.05) is 20.4 Å². The first-order chi connectivity index (χ1) is 14.9. The molecule has 0 unspecified atom stereocenters. The highest BCUT2D eigenvalue weighted by Gasteiger charge is 2.35. The van der Waals surface area contributed by atoms with Crippen molar-refractivity contribution in [2.24, 2.45) is 0 Å². The SMILES string of the molecule is Cc1c(Nc2ccccc2NC(C)C)cccc1N1c2ccccc2N(C(C)C)[C@@H]1C. The molecule has 0 saturated heterocycles. The zero-order valence-electron chi connectivity index (χ0n) is 19.5. The van der Waals surface area contributed by atoms with Gasteiger partial charge in [0.25, 0.3) is 0 Å². The fourth-order valence-corrected chi connectivity index (χ4v) is 4.65. The predicted octanol–water partition coefficient (Wildman–Crippen LogP) is 7.27. The monoisotopic (exact) mass is 414 g/mol. The fraction of sp³-hybridized carbons (Fsp3) is 0.333. The molecule has 4 nitrogen and oxygen atoms in total. The van der Waals surface area contributed by atoms with E-state index >= 15 is 0 Å². The highest BCUT2D eigenvalue weighted by molar-refractivity contribution is 5.87. The average Bonchev–Trinajstić information content (AvgIpc) is 3.02. The van der Waals surface area contributed by atoms with Crippen molar-refractivity contribution in [3.05, 3.63) is 72.3 Å². The predicted molar refractivity (Wildman–Crippen MR) is 135 cm³/mol. The topological polar surface area (TPSA) is 30.5 Å². The van der Waals surface area contributed by atoms with E-state index in [-0.39, 0.29) is 6.17 Å². The van der Waals surface area contributed by atoms with E-state index in [1.165, 1.54) is 22.6 Å². The molecule has 4 rings (SSSR count). The van der Waals surface area contributed by atoms with Gasteiger partial charge in [-0.05, 0) is 83.5 Å². The number of anilines is 6. The van der Waals surface area contributed by atoms with Crippen LogP contribution < -0.4 is 20.4 Å². The summed E-state index contributed by atoms with van der Waals surface area (Å²) in [5, 5.41) is 7.22. The Labute approximate surface area is 186 Å². The van der Waals surface area contributed by atoms with E-state index < -0.39 is 0 Å². The van der Waals surface area contributed by atoms with Crippen molar-refractivity contribution in [2.45, 2.75) is 59.8 Å². The lowest BCUT2D eigenvalue weighted by atomic mass is 10.1. The van der Waals surface area contributed by atoms with Gasteiger partial charge in [0, 0.05) is 23.5 Å². The summed E-state index contributed by atoms with van der Waals surface area (Å²) < 4.78 is 0. The summed E-state index contributed by atoms with van der Waals surface area (Å²) >= 11 is 0.